The molecule has 1 atom stereocenters. The summed E-state index contributed by atoms with van der Waals surface area (Å²) in [5.41, 5.74) is 0.985. The molecule has 0 saturated carbocycles. The van der Waals surface area contributed by atoms with Crippen molar-refractivity contribution in [2.45, 2.75) is 24.7 Å². The van der Waals surface area contributed by atoms with Crippen LogP contribution >= 0.6 is 46.6 Å². The lowest BCUT2D eigenvalue weighted by Crippen LogP contribution is -2.28. The van der Waals surface area contributed by atoms with E-state index in [4.69, 9.17) is 34.8 Å². The molecule has 1 heterocycles. The molecule has 0 bridgehead atoms. The predicted molar refractivity (Wildman–Crippen MR) is 133 cm³/mol. The summed E-state index contributed by atoms with van der Waals surface area (Å²) in [4.78, 5) is 24.9. The van der Waals surface area contributed by atoms with Crippen molar-refractivity contribution in [2.75, 3.05) is 11.1 Å². The zero-order valence-electron chi connectivity index (χ0n) is 17.5. The van der Waals surface area contributed by atoms with E-state index in [2.05, 4.69) is 27.4 Å². The van der Waals surface area contributed by atoms with Crippen LogP contribution in [0.5, 0.6) is 0 Å². The normalized spacial score (nSPS) is 11.6. The van der Waals surface area contributed by atoms with Crippen LogP contribution in [0.3, 0.4) is 0 Å². The van der Waals surface area contributed by atoms with Gasteiger partial charge in [0, 0.05) is 32.9 Å². The molecule has 0 aliphatic carbocycles. The van der Waals surface area contributed by atoms with Crippen LogP contribution in [0.25, 0.3) is 0 Å². The molecule has 0 fully saturated rings. The minimum absolute atomic E-state index is 0.0882. The second-order valence-corrected chi connectivity index (χ2v) is 9.19. The first kappa shape index (κ1) is 25.1. The van der Waals surface area contributed by atoms with Crippen LogP contribution in [-0.2, 0) is 11.3 Å². The summed E-state index contributed by atoms with van der Waals surface area (Å²) in [6, 6.07) is 11.0. The van der Waals surface area contributed by atoms with Gasteiger partial charge in [0.05, 0.1) is 11.8 Å². The maximum absolute atomic E-state index is 12.5. The molecule has 7 nitrogen and oxygen atoms in total. The number of hydrogen-bond donors (Lipinski definition) is 2. The summed E-state index contributed by atoms with van der Waals surface area (Å²) in [6.45, 7) is 5.99. The minimum Gasteiger partial charge on any atom is -0.342 e. The summed E-state index contributed by atoms with van der Waals surface area (Å²) >= 11 is 19.0. The Kier molecular flexibility index (Phi) is 8.80. The number of anilines is 1. The fraction of sp³-hybridized carbons (Fsp3) is 0.182. The molecular formula is C22H20Cl3N5O2S. The number of amides is 2. The molecule has 2 aromatic carbocycles. The second-order valence-electron chi connectivity index (χ2n) is 6.94. The summed E-state index contributed by atoms with van der Waals surface area (Å²) < 4.78 is 1.80. The Morgan fingerprint density at radius 3 is 2.39 bits per heavy atom. The number of benzene rings is 2. The van der Waals surface area contributed by atoms with Gasteiger partial charge in [-0.2, -0.15) is 0 Å². The third kappa shape index (κ3) is 6.98. The first-order valence-corrected chi connectivity index (χ1v) is 11.9. The molecule has 0 unspecified atom stereocenters. The van der Waals surface area contributed by atoms with Gasteiger partial charge in [-0.15, -0.1) is 16.8 Å². The fourth-order valence-corrected chi connectivity index (χ4v) is 4.33. The smallest absolute Gasteiger partial charge is 0.251 e. The van der Waals surface area contributed by atoms with Crippen molar-refractivity contribution in [3.05, 3.63) is 81.6 Å². The zero-order chi connectivity index (χ0) is 24.0. The first-order valence-electron chi connectivity index (χ1n) is 9.76. The van der Waals surface area contributed by atoms with Crippen LogP contribution in [0.15, 0.2) is 60.3 Å². The van der Waals surface area contributed by atoms with E-state index in [1.807, 2.05) is 6.92 Å². The summed E-state index contributed by atoms with van der Waals surface area (Å²) in [6.07, 6.45) is 1.69. The molecule has 0 aliphatic rings. The van der Waals surface area contributed by atoms with Gasteiger partial charge in [0.2, 0.25) is 5.91 Å². The second kappa shape index (κ2) is 11.6. The third-order valence-electron chi connectivity index (χ3n) is 4.38. The van der Waals surface area contributed by atoms with Gasteiger partial charge in [-0.05, 0) is 49.4 Å². The number of rotatable bonds is 9. The Labute approximate surface area is 210 Å². The SMILES string of the molecule is C=CCn1c(SCC(=O)Nc2cc(Cl)cc(Cl)c2)nnc1[C@H](C)NC(=O)c1ccc(Cl)cc1. The van der Waals surface area contributed by atoms with Gasteiger partial charge in [-0.3, -0.25) is 9.59 Å². The Morgan fingerprint density at radius 1 is 1.09 bits per heavy atom. The summed E-state index contributed by atoms with van der Waals surface area (Å²) in [5.74, 6) is 0.116. The Morgan fingerprint density at radius 2 is 1.76 bits per heavy atom. The number of nitrogens with one attached hydrogen (secondary N) is 2. The maximum atomic E-state index is 12.5. The van der Waals surface area contributed by atoms with E-state index in [9.17, 15) is 9.59 Å². The summed E-state index contributed by atoms with van der Waals surface area (Å²) in [7, 11) is 0. The van der Waals surface area contributed by atoms with Gasteiger partial charge < -0.3 is 15.2 Å². The van der Waals surface area contributed by atoms with Crippen molar-refractivity contribution >= 4 is 64.1 Å². The number of thioether (sulfide) groups is 1. The Hall–Kier alpha value is -2.52. The average Bonchev–Trinajstić information content (AvgIpc) is 3.15. The van der Waals surface area contributed by atoms with Gasteiger partial charge in [-0.1, -0.05) is 52.6 Å². The molecule has 0 spiro atoms. The van der Waals surface area contributed by atoms with Gasteiger partial charge >= 0.3 is 0 Å². The van der Waals surface area contributed by atoms with Gasteiger partial charge in [0.15, 0.2) is 11.0 Å². The molecule has 1 aromatic heterocycles. The van der Waals surface area contributed by atoms with E-state index in [0.717, 1.165) is 0 Å². The Bertz CT molecular complexity index is 1150. The van der Waals surface area contributed by atoms with Crippen molar-refractivity contribution in [1.82, 2.24) is 20.1 Å². The van der Waals surface area contributed by atoms with Gasteiger partial charge in [0.25, 0.3) is 5.91 Å². The lowest BCUT2D eigenvalue weighted by atomic mass is 10.2. The van der Waals surface area contributed by atoms with E-state index >= 15 is 0 Å². The fourth-order valence-electron chi connectivity index (χ4n) is 2.93. The highest BCUT2D eigenvalue weighted by molar-refractivity contribution is 7.99. The number of carbonyl (C=O) groups is 2. The molecule has 33 heavy (non-hydrogen) atoms. The van der Waals surface area contributed by atoms with E-state index in [1.54, 1.807) is 53.1 Å². The molecule has 3 aromatic rings. The predicted octanol–water partition coefficient (Wildman–Crippen LogP) is 5.65. The number of hydrogen-bond acceptors (Lipinski definition) is 5. The first-order chi connectivity index (χ1) is 15.8. The van der Waals surface area contributed by atoms with Crippen molar-refractivity contribution in [3.8, 4) is 0 Å². The number of allylic oxidation sites excluding steroid dienone is 1. The molecular weight excluding hydrogens is 505 g/mol. The number of carbonyl (C=O) groups excluding carboxylic acids is 2. The Balaban J connectivity index is 1.66. The average molecular weight is 525 g/mol. The van der Waals surface area contributed by atoms with Crippen LogP contribution in [0.4, 0.5) is 5.69 Å². The van der Waals surface area contributed by atoms with E-state index in [1.165, 1.54) is 11.8 Å². The molecule has 0 saturated heterocycles. The van der Waals surface area contributed by atoms with E-state index in [-0.39, 0.29) is 17.6 Å². The van der Waals surface area contributed by atoms with Crippen molar-refractivity contribution in [2.24, 2.45) is 0 Å². The molecule has 2 amide bonds. The lowest BCUT2D eigenvalue weighted by Gasteiger charge is -2.15. The highest BCUT2D eigenvalue weighted by Crippen LogP contribution is 2.24. The third-order valence-corrected chi connectivity index (χ3v) is 6.03. The van der Waals surface area contributed by atoms with Crippen molar-refractivity contribution in [1.29, 1.82) is 0 Å². The summed E-state index contributed by atoms with van der Waals surface area (Å²) in [5, 5.41) is 16.0. The molecule has 3 rings (SSSR count). The van der Waals surface area contributed by atoms with Crippen molar-refractivity contribution in [3.63, 3.8) is 0 Å². The highest BCUT2D eigenvalue weighted by atomic mass is 35.5. The standard InChI is InChI=1S/C22H20Cl3N5O2S/c1-3-8-30-20(13(2)26-21(32)14-4-6-15(23)7-5-14)28-29-22(30)33-12-19(31)27-18-10-16(24)9-17(25)11-18/h3-7,9-11,13H,1,8,12H2,2H3,(H,26,32)(H,27,31)/t13-/m0/s1. The molecule has 2 N–H and O–H groups in total. The number of aromatic nitrogens is 3. The van der Waals surface area contributed by atoms with Crippen LogP contribution in [-0.4, -0.2) is 32.3 Å². The molecule has 0 aliphatic heterocycles. The maximum Gasteiger partial charge on any atom is 0.251 e. The molecule has 11 heteroatoms. The quantitative estimate of drug-likeness (QED) is 0.279. The number of halogens is 3. The monoisotopic (exact) mass is 523 g/mol. The van der Waals surface area contributed by atoms with Crippen LogP contribution in [0, 0.1) is 0 Å². The lowest BCUT2D eigenvalue weighted by molar-refractivity contribution is -0.113. The molecule has 0 radical (unpaired) electrons. The zero-order valence-corrected chi connectivity index (χ0v) is 20.6. The van der Waals surface area contributed by atoms with Crippen molar-refractivity contribution < 1.29 is 9.59 Å². The van der Waals surface area contributed by atoms with E-state index < -0.39 is 6.04 Å². The van der Waals surface area contributed by atoms with Crippen LogP contribution in [0.2, 0.25) is 15.1 Å². The van der Waals surface area contributed by atoms with Gasteiger partial charge in [-0.25, -0.2) is 0 Å². The minimum atomic E-state index is -0.433. The van der Waals surface area contributed by atoms with Crippen LogP contribution in [0.1, 0.15) is 29.1 Å². The number of nitrogens with zero attached hydrogens (tertiary/aromatic N) is 3. The highest BCUT2D eigenvalue weighted by Gasteiger charge is 2.20. The largest absolute Gasteiger partial charge is 0.342 e. The van der Waals surface area contributed by atoms with E-state index in [0.29, 0.717) is 43.8 Å². The topological polar surface area (TPSA) is 88.9 Å². The van der Waals surface area contributed by atoms with Crippen LogP contribution < -0.4 is 10.6 Å². The molecule has 172 valence electrons. The van der Waals surface area contributed by atoms with Gasteiger partial charge in [0.1, 0.15) is 0 Å².